The normalized spacial score (nSPS) is 21.4. The van der Waals surface area contributed by atoms with E-state index in [4.69, 9.17) is 21.4 Å². The quantitative estimate of drug-likeness (QED) is 0.877. The number of hydrogen-bond donors (Lipinski definition) is 1. The average molecular weight is 377 g/mol. The molecule has 2 unspecified atom stereocenters. The number of nitrogens with zero attached hydrogens (tertiary/aromatic N) is 1. The van der Waals surface area contributed by atoms with E-state index in [2.05, 4.69) is 15.9 Å². The van der Waals surface area contributed by atoms with E-state index >= 15 is 0 Å². The molecule has 0 aromatic heterocycles. The Bertz CT molecular complexity index is 566. The monoisotopic (exact) mass is 375 g/mol. The number of rotatable bonds is 4. The predicted molar refractivity (Wildman–Crippen MR) is 81.6 cm³/mol. The van der Waals surface area contributed by atoms with Crippen LogP contribution in [-0.4, -0.2) is 41.1 Å². The van der Waals surface area contributed by atoms with Gasteiger partial charge < -0.3 is 14.7 Å². The summed E-state index contributed by atoms with van der Waals surface area (Å²) in [5.74, 6) is -1.18. The number of halogens is 2. The lowest BCUT2D eigenvalue weighted by molar-refractivity contribution is -0.143. The van der Waals surface area contributed by atoms with Gasteiger partial charge in [-0.05, 0) is 31.5 Å². The van der Waals surface area contributed by atoms with E-state index in [1.54, 1.807) is 30.0 Å². The highest BCUT2D eigenvalue weighted by Crippen LogP contribution is 2.28. The topological polar surface area (TPSA) is 66.8 Å². The fraction of sp³-hybridized carbons (Fsp3) is 0.429. The molecular weight excluding hydrogens is 362 g/mol. The largest absolute Gasteiger partial charge is 0.482 e. The van der Waals surface area contributed by atoms with E-state index in [1.807, 2.05) is 0 Å². The predicted octanol–water partition coefficient (Wildman–Crippen LogP) is 2.80. The summed E-state index contributed by atoms with van der Waals surface area (Å²) in [5.41, 5.74) is 0. The summed E-state index contributed by atoms with van der Waals surface area (Å²) in [6, 6.07) is 4.80. The molecule has 1 saturated heterocycles. The van der Waals surface area contributed by atoms with Crippen molar-refractivity contribution in [2.75, 3.05) is 13.2 Å². The summed E-state index contributed by atoms with van der Waals surface area (Å²) < 4.78 is 6.24. The molecule has 0 bridgehead atoms. The maximum atomic E-state index is 12.1. The molecule has 1 amide bonds. The van der Waals surface area contributed by atoms with Gasteiger partial charge >= 0.3 is 5.97 Å². The number of ether oxygens (including phenoxy) is 1. The summed E-state index contributed by atoms with van der Waals surface area (Å²) in [7, 11) is 0. The van der Waals surface area contributed by atoms with Crippen LogP contribution < -0.4 is 4.74 Å². The number of aliphatic carboxylic acids is 1. The first-order valence-corrected chi connectivity index (χ1v) is 7.67. The summed E-state index contributed by atoms with van der Waals surface area (Å²) in [6.07, 6.45) is 0.473. The molecule has 1 heterocycles. The molecule has 0 spiro atoms. The van der Waals surface area contributed by atoms with Gasteiger partial charge in [0.2, 0.25) is 0 Å². The highest BCUT2D eigenvalue weighted by Gasteiger charge is 2.38. The fourth-order valence-corrected chi connectivity index (χ4v) is 3.16. The number of carbonyl (C=O) groups is 2. The highest BCUT2D eigenvalue weighted by molar-refractivity contribution is 9.10. The molecular formula is C14H15BrClNO4. The molecule has 0 aliphatic carbocycles. The Morgan fingerprint density at radius 2 is 2.24 bits per heavy atom. The van der Waals surface area contributed by atoms with Crippen LogP contribution in [0.2, 0.25) is 5.02 Å². The summed E-state index contributed by atoms with van der Waals surface area (Å²) >= 11 is 9.30. The number of benzene rings is 1. The molecule has 2 rings (SSSR count). The van der Waals surface area contributed by atoms with Crippen molar-refractivity contribution in [3.63, 3.8) is 0 Å². The zero-order chi connectivity index (χ0) is 15.6. The number of carbonyl (C=O) groups excluding carboxylic acids is 1. The van der Waals surface area contributed by atoms with Crippen LogP contribution in [0.25, 0.3) is 0 Å². The van der Waals surface area contributed by atoms with Gasteiger partial charge in [-0.25, -0.2) is 0 Å². The van der Waals surface area contributed by atoms with Gasteiger partial charge in [0, 0.05) is 17.1 Å². The van der Waals surface area contributed by atoms with E-state index in [0.717, 1.165) is 4.47 Å². The molecule has 1 fully saturated rings. The molecule has 1 aliphatic heterocycles. The first-order valence-electron chi connectivity index (χ1n) is 6.50. The second-order valence-corrected chi connectivity index (χ2v) is 6.25. The minimum absolute atomic E-state index is 0.155. The Morgan fingerprint density at radius 1 is 1.52 bits per heavy atom. The van der Waals surface area contributed by atoms with Crippen LogP contribution in [0.1, 0.15) is 13.3 Å². The smallest absolute Gasteiger partial charge is 0.308 e. The zero-order valence-corrected chi connectivity index (χ0v) is 13.7. The molecule has 7 heteroatoms. The summed E-state index contributed by atoms with van der Waals surface area (Å²) in [4.78, 5) is 24.7. The molecule has 0 saturated carbocycles. The van der Waals surface area contributed by atoms with Crippen LogP contribution in [0.15, 0.2) is 22.7 Å². The zero-order valence-electron chi connectivity index (χ0n) is 11.4. The van der Waals surface area contributed by atoms with Crippen LogP contribution in [0.3, 0.4) is 0 Å². The van der Waals surface area contributed by atoms with Crippen LogP contribution >= 0.6 is 27.5 Å². The van der Waals surface area contributed by atoms with Crippen LogP contribution in [-0.2, 0) is 9.59 Å². The maximum absolute atomic E-state index is 12.1. The Kier molecular flexibility index (Phi) is 5.11. The van der Waals surface area contributed by atoms with Gasteiger partial charge in [0.15, 0.2) is 6.61 Å². The van der Waals surface area contributed by atoms with Crippen LogP contribution in [0.5, 0.6) is 5.75 Å². The second-order valence-electron chi connectivity index (χ2n) is 4.92. The molecule has 114 valence electrons. The van der Waals surface area contributed by atoms with E-state index in [-0.39, 0.29) is 18.6 Å². The number of amides is 1. The van der Waals surface area contributed by atoms with Crippen molar-refractivity contribution in [1.82, 2.24) is 4.90 Å². The van der Waals surface area contributed by atoms with Crippen LogP contribution in [0.4, 0.5) is 0 Å². The fourth-order valence-electron chi connectivity index (χ4n) is 2.44. The molecule has 1 aromatic rings. The molecule has 0 radical (unpaired) electrons. The van der Waals surface area contributed by atoms with Gasteiger partial charge in [-0.2, -0.15) is 0 Å². The summed E-state index contributed by atoms with van der Waals surface area (Å²) in [5, 5.41) is 9.47. The minimum atomic E-state index is -0.866. The van der Waals surface area contributed by atoms with Crippen molar-refractivity contribution in [3.05, 3.63) is 27.7 Å². The van der Waals surface area contributed by atoms with Gasteiger partial charge in [0.25, 0.3) is 5.91 Å². The van der Waals surface area contributed by atoms with Gasteiger partial charge in [0.1, 0.15) is 5.75 Å². The van der Waals surface area contributed by atoms with Crippen molar-refractivity contribution in [3.8, 4) is 5.75 Å². The Labute approximate surface area is 136 Å². The SMILES string of the molecule is CC1C(C(=O)O)CCN1C(=O)COc1ccc(Br)cc1Cl. The van der Waals surface area contributed by atoms with Gasteiger partial charge in [-0.1, -0.05) is 27.5 Å². The minimum Gasteiger partial charge on any atom is -0.482 e. The highest BCUT2D eigenvalue weighted by atomic mass is 79.9. The molecule has 21 heavy (non-hydrogen) atoms. The lowest BCUT2D eigenvalue weighted by Gasteiger charge is -2.23. The van der Waals surface area contributed by atoms with E-state index in [9.17, 15) is 9.59 Å². The van der Waals surface area contributed by atoms with E-state index < -0.39 is 11.9 Å². The first-order chi connectivity index (χ1) is 9.90. The standard InChI is InChI=1S/C14H15BrClNO4/c1-8-10(14(19)20)4-5-17(8)13(18)7-21-12-3-2-9(15)6-11(12)16/h2-3,6,8,10H,4-5,7H2,1H3,(H,19,20). The third-order valence-corrected chi connectivity index (χ3v) is 4.43. The number of carboxylic acids is 1. The molecule has 1 aliphatic rings. The molecule has 1 N–H and O–H groups in total. The van der Waals surface area contributed by atoms with Gasteiger partial charge in [0.05, 0.1) is 10.9 Å². The third-order valence-electron chi connectivity index (χ3n) is 3.64. The number of hydrogen-bond acceptors (Lipinski definition) is 3. The number of likely N-dealkylation sites (tertiary alicyclic amines) is 1. The van der Waals surface area contributed by atoms with Gasteiger partial charge in [-0.15, -0.1) is 0 Å². The number of carboxylic acid groups (broad SMARTS) is 1. The molecule has 5 nitrogen and oxygen atoms in total. The van der Waals surface area contributed by atoms with Crippen molar-refractivity contribution in [2.45, 2.75) is 19.4 Å². The Morgan fingerprint density at radius 3 is 2.81 bits per heavy atom. The van der Waals surface area contributed by atoms with Crippen molar-refractivity contribution in [1.29, 1.82) is 0 Å². The van der Waals surface area contributed by atoms with E-state index in [1.165, 1.54) is 0 Å². The van der Waals surface area contributed by atoms with Crippen molar-refractivity contribution < 1.29 is 19.4 Å². The third kappa shape index (κ3) is 3.68. The average Bonchev–Trinajstić information content (AvgIpc) is 2.79. The molecule has 1 aromatic carbocycles. The Balaban J connectivity index is 1.95. The molecule has 2 atom stereocenters. The Hall–Kier alpha value is -1.27. The maximum Gasteiger partial charge on any atom is 0.308 e. The van der Waals surface area contributed by atoms with Crippen molar-refractivity contribution in [2.24, 2.45) is 5.92 Å². The summed E-state index contributed by atoms with van der Waals surface area (Å²) in [6.45, 7) is 2.03. The lowest BCUT2D eigenvalue weighted by Crippen LogP contribution is -2.40. The lowest BCUT2D eigenvalue weighted by atomic mass is 10.0. The second kappa shape index (κ2) is 6.66. The van der Waals surface area contributed by atoms with Crippen molar-refractivity contribution >= 4 is 39.4 Å². The first kappa shape index (κ1) is 16.1. The van der Waals surface area contributed by atoms with E-state index in [0.29, 0.717) is 23.7 Å². The van der Waals surface area contributed by atoms with Crippen LogP contribution in [0, 0.1) is 5.92 Å². The van der Waals surface area contributed by atoms with Gasteiger partial charge in [-0.3, -0.25) is 9.59 Å².